The Morgan fingerprint density at radius 3 is 2.88 bits per heavy atom. The lowest BCUT2D eigenvalue weighted by atomic mass is 9.98. The number of morpholine rings is 1. The summed E-state index contributed by atoms with van der Waals surface area (Å²) in [6.07, 6.45) is 4.12. The van der Waals surface area contributed by atoms with Crippen LogP contribution in [0.2, 0.25) is 0 Å². The van der Waals surface area contributed by atoms with Crippen molar-refractivity contribution in [2.75, 3.05) is 64.4 Å². The van der Waals surface area contributed by atoms with Gasteiger partial charge in [0.1, 0.15) is 17.0 Å². The van der Waals surface area contributed by atoms with Gasteiger partial charge in [0.05, 0.1) is 36.0 Å². The second-order valence-electron chi connectivity index (χ2n) is 8.54. The normalized spacial score (nSPS) is 19.6. The van der Waals surface area contributed by atoms with Crippen LogP contribution in [0.5, 0.6) is 0 Å². The molecule has 0 aliphatic carbocycles. The number of fused-ring (bicyclic) bond motifs is 1. The molecule has 2 aromatic rings. The second-order valence-corrected chi connectivity index (χ2v) is 9.53. The zero-order valence-corrected chi connectivity index (χ0v) is 20.3. The highest BCUT2D eigenvalue weighted by atomic mass is 32.1. The Labute approximate surface area is 198 Å². The van der Waals surface area contributed by atoms with Crippen LogP contribution in [-0.4, -0.2) is 90.7 Å². The molecule has 4 heterocycles. The molecule has 2 aliphatic heterocycles. The van der Waals surface area contributed by atoms with E-state index in [1.807, 2.05) is 6.92 Å². The third kappa shape index (κ3) is 5.62. The molecular formula is C23H33N5O4S. The van der Waals surface area contributed by atoms with Gasteiger partial charge in [0.25, 0.3) is 5.91 Å². The first-order valence-corrected chi connectivity index (χ1v) is 12.6. The van der Waals surface area contributed by atoms with E-state index in [4.69, 9.17) is 9.47 Å². The van der Waals surface area contributed by atoms with Crippen LogP contribution in [0.1, 0.15) is 41.4 Å². The van der Waals surface area contributed by atoms with E-state index >= 15 is 0 Å². The monoisotopic (exact) mass is 475 g/mol. The minimum Gasteiger partial charge on any atom is -0.466 e. The third-order valence-electron chi connectivity index (χ3n) is 6.30. The summed E-state index contributed by atoms with van der Waals surface area (Å²) in [6.45, 7) is 10.6. The molecular weight excluding hydrogens is 442 g/mol. The summed E-state index contributed by atoms with van der Waals surface area (Å²) >= 11 is 1.40. The summed E-state index contributed by atoms with van der Waals surface area (Å²) in [5.74, 6) is 0.277. The Bertz CT molecular complexity index is 975. The van der Waals surface area contributed by atoms with Gasteiger partial charge in [-0.05, 0) is 45.2 Å². The molecule has 10 heteroatoms. The van der Waals surface area contributed by atoms with Crippen molar-refractivity contribution in [3.8, 4) is 0 Å². The van der Waals surface area contributed by atoms with Crippen LogP contribution >= 0.6 is 11.3 Å². The summed E-state index contributed by atoms with van der Waals surface area (Å²) in [5.41, 5.74) is 0.898. The Kier molecular flexibility index (Phi) is 8.11. The average Bonchev–Trinajstić information content (AvgIpc) is 3.19. The molecule has 2 saturated heterocycles. The average molecular weight is 476 g/mol. The maximum absolute atomic E-state index is 13.4. The summed E-state index contributed by atoms with van der Waals surface area (Å²) in [6, 6.07) is 0. The number of aromatic nitrogens is 2. The largest absolute Gasteiger partial charge is 0.466 e. The number of carbonyl (C=O) groups excluding carboxylic acids is 2. The van der Waals surface area contributed by atoms with E-state index in [2.05, 4.69) is 20.2 Å². The van der Waals surface area contributed by atoms with Gasteiger partial charge >= 0.3 is 5.97 Å². The molecule has 4 rings (SSSR count). The van der Waals surface area contributed by atoms with E-state index in [-0.39, 0.29) is 17.8 Å². The van der Waals surface area contributed by atoms with Crippen LogP contribution in [0, 0.1) is 12.8 Å². The van der Waals surface area contributed by atoms with Gasteiger partial charge in [-0.1, -0.05) is 0 Å². The number of ether oxygens (including phenoxy) is 2. The number of nitrogens with zero attached hydrogens (tertiary/aromatic N) is 4. The fourth-order valence-corrected chi connectivity index (χ4v) is 5.62. The number of anilines is 1. The van der Waals surface area contributed by atoms with Crippen LogP contribution in [0.3, 0.4) is 0 Å². The number of piperidine rings is 1. The van der Waals surface area contributed by atoms with E-state index in [1.165, 1.54) is 11.3 Å². The smallest absolute Gasteiger partial charge is 0.310 e. The lowest BCUT2D eigenvalue weighted by Gasteiger charge is -2.31. The van der Waals surface area contributed by atoms with E-state index in [0.717, 1.165) is 80.3 Å². The number of hydrogen-bond donors (Lipinski definition) is 1. The van der Waals surface area contributed by atoms with Crippen LogP contribution in [0.25, 0.3) is 10.2 Å². The summed E-state index contributed by atoms with van der Waals surface area (Å²) in [7, 11) is 0. The van der Waals surface area contributed by atoms with Gasteiger partial charge in [-0.2, -0.15) is 0 Å². The van der Waals surface area contributed by atoms with Crippen LogP contribution in [-0.2, 0) is 14.3 Å². The number of likely N-dealkylation sites (tertiary alicyclic amines) is 1. The second kappa shape index (κ2) is 11.2. The first-order valence-electron chi connectivity index (χ1n) is 11.8. The highest BCUT2D eigenvalue weighted by Gasteiger charge is 2.31. The van der Waals surface area contributed by atoms with Crippen molar-refractivity contribution in [1.29, 1.82) is 0 Å². The van der Waals surface area contributed by atoms with E-state index in [9.17, 15) is 9.59 Å². The van der Waals surface area contributed by atoms with Crippen LogP contribution < -0.4 is 5.32 Å². The number of thiophene rings is 1. The predicted molar refractivity (Wildman–Crippen MR) is 128 cm³/mol. The number of carbonyl (C=O) groups is 2. The molecule has 0 aromatic carbocycles. The highest BCUT2D eigenvalue weighted by molar-refractivity contribution is 7.20. The van der Waals surface area contributed by atoms with Crippen molar-refractivity contribution in [3.05, 3.63) is 16.8 Å². The van der Waals surface area contributed by atoms with Gasteiger partial charge in [-0.25, -0.2) is 9.97 Å². The molecule has 1 atom stereocenters. The predicted octanol–water partition coefficient (Wildman–Crippen LogP) is 2.55. The minimum absolute atomic E-state index is 0.0391. The fourth-order valence-electron chi connectivity index (χ4n) is 4.50. The molecule has 9 nitrogen and oxygen atoms in total. The number of esters is 1. The maximum Gasteiger partial charge on any atom is 0.310 e. The number of aryl methyl sites for hydroxylation is 1. The first-order chi connectivity index (χ1) is 16.1. The summed E-state index contributed by atoms with van der Waals surface area (Å²) in [4.78, 5) is 40.1. The number of rotatable bonds is 8. The molecule has 1 amide bonds. The zero-order chi connectivity index (χ0) is 23.2. The Balaban J connectivity index is 1.43. The van der Waals surface area contributed by atoms with Crippen molar-refractivity contribution >= 4 is 39.2 Å². The van der Waals surface area contributed by atoms with E-state index in [1.54, 1.807) is 18.2 Å². The van der Waals surface area contributed by atoms with Gasteiger partial charge in [-0.15, -0.1) is 11.3 Å². The molecule has 0 radical (unpaired) electrons. The Hall–Kier alpha value is -2.30. The first kappa shape index (κ1) is 23.8. The van der Waals surface area contributed by atoms with Crippen molar-refractivity contribution in [1.82, 2.24) is 19.8 Å². The molecule has 0 bridgehead atoms. The van der Waals surface area contributed by atoms with Gasteiger partial charge in [-0.3, -0.25) is 14.5 Å². The van der Waals surface area contributed by atoms with Crippen molar-refractivity contribution in [2.45, 2.75) is 33.1 Å². The third-order valence-corrected chi connectivity index (χ3v) is 7.48. The summed E-state index contributed by atoms with van der Waals surface area (Å²) < 4.78 is 10.6. The number of nitrogens with one attached hydrogen (secondary N) is 1. The maximum atomic E-state index is 13.4. The topological polar surface area (TPSA) is 96.9 Å². The molecule has 0 spiro atoms. The standard InChI is InChI=1S/C23H33N5O4S/c1-3-32-23(30)17-6-4-9-28(14-17)22(29)19-16(2)18-20(25-15-26-21(18)33-19)24-7-5-8-27-10-12-31-13-11-27/h15,17H,3-14H2,1-2H3,(H,24,25,26). The lowest BCUT2D eigenvalue weighted by Crippen LogP contribution is -2.42. The summed E-state index contributed by atoms with van der Waals surface area (Å²) in [5, 5.41) is 4.36. The molecule has 0 saturated carbocycles. The van der Waals surface area contributed by atoms with Gasteiger partial charge in [0.2, 0.25) is 0 Å². The zero-order valence-electron chi connectivity index (χ0n) is 19.5. The molecule has 2 aliphatic rings. The van der Waals surface area contributed by atoms with Gasteiger partial charge in [0.15, 0.2) is 0 Å². The number of amides is 1. The van der Waals surface area contributed by atoms with Crippen molar-refractivity contribution < 1.29 is 19.1 Å². The van der Waals surface area contributed by atoms with E-state index in [0.29, 0.717) is 24.6 Å². The van der Waals surface area contributed by atoms with Gasteiger partial charge in [0, 0.05) is 32.7 Å². The van der Waals surface area contributed by atoms with Crippen LogP contribution in [0.4, 0.5) is 5.82 Å². The highest BCUT2D eigenvalue weighted by Crippen LogP contribution is 2.34. The molecule has 1 unspecified atom stereocenters. The minimum atomic E-state index is -0.249. The molecule has 180 valence electrons. The quantitative estimate of drug-likeness (QED) is 0.460. The molecule has 33 heavy (non-hydrogen) atoms. The van der Waals surface area contributed by atoms with Gasteiger partial charge < -0.3 is 19.7 Å². The Morgan fingerprint density at radius 1 is 1.27 bits per heavy atom. The Morgan fingerprint density at radius 2 is 2.09 bits per heavy atom. The molecule has 2 aromatic heterocycles. The lowest BCUT2D eigenvalue weighted by molar-refractivity contribution is -0.149. The van der Waals surface area contributed by atoms with Crippen molar-refractivity contribution in [3.63, 3.8) is 0 Å². The molecule has 1 N–H and O–H groups in total. The SMILES string of the molecule is CCOC(=O)C1CCCN(C(=O)c2sc3ncnc(NCCCN4CCOCC4)c3c2C)C1. The fraction of sp³-hybridized carbons (Fsp3) is 0.652. The number of hydrogen-bond acceptors (Lipinski definition) is 9. The molecule has 2 fully saturated rings. The van der Waals surface area contributed by atoms with E-state index < -0.39 is 0 Å². The van der Waals surface area contributed by atoms with Crippen molar-refractivity contribution in [2.24, 2.45) is 5.92 Å². The van der Waals surface area contributed by atoms with Crippen LogP contribution in [0.15, 0.2) is 6.33 Å².